The standard InChI is InChI=1S/C15H15F2N/c1-10-3-5-14(17)15(7-10)18-9-12-4-6-13(16)11(2)8-12/h3-8,18H,9H2,1-2H3. The lowest BCUT2D eigenvalue weighted by Crippen LogP contribution is -2.02. The van der Waals surface area contributed by atoms with Crippen molar-refractivity contribution in [3.05, 3.63) is 64.7 Å². The second kappa shape index (κ2) is 5.17. The maximum Gasteiger partial charge on any atom is 0.146 e. The second-order valence-electron chi connectivity index (χ2n) is 4.42. The third-order valence-corrected chi connectivity index (χ3v) is 2.83. The lowest BCUT2D eigenvalue weighted by Gasteiger charge is -2.09. The number of rotatable bonds is 3. The quantitative estimate of drug-likeness (QED) is 0.857. The van der Waals surface area contributed by atoms with Crippen LogP contribution in [0.25, 0.3) is 0 Å². The van der Waals surface area contributed by atoms with E-state index in [1.54, 1.807) is 31.2 Å². The van der Waals surface area contributed by atoms with E-state index < -0.39 is 0 Å². The molecule has 0 heterocycles. The van der Waals surface area contributed by atoms with Gasteiger partial charge in [0.15, 0.2) is 0 Å². The monoisotopic (exact) mass is 247 g/mol. The largest absolute Gasteiger partial charge is 0.379 e. The molecular formula is C15H15F2N. The summed E-state index contributed by atoms with van der Waals surface area (Å²) < 4.78 is 26.6. The third-order valence-electron chi connectivity index (χ3n) is 2.83. The van der Waals surface area contributed by atoms with Crippen LogP contribution in [0.2, 0.25) is 0 Å². The van der Waals surface area contributed by atoms with Crippen LogP contribution in [0.4, 0.5) is 14.5 Å². The molecule has 0 spiro atoms. The number of anilines is 1. The highest BCUT2D eigenvalue weighted by Crippen LogP contribution is 2.17. The molecule has 0 aromatic heterocycles. The van der Waals surface area contributed by atoms with Crippen molar-refractivity contribution < 1.29 is 8.78 Å². The van der Waals surface area contributed by atoms with E-state index in [2.05, 4.69) is 5.32 Å². The van der Waals surface area contributed by atoms with Gasteiger partial charge in [0.05, 0.1) is 5.69 Å². The molecule has 0 aliphatic heterocycles. The van der Waals surface area contributed by atoms with Gasteiger partial charge in [0.25, 0.3) is 0 Å². The van der Waals surface area contributed by atoms with Gasteiger partial charge in [-0.3, -0.25) is 0 Å². The van der Waals surface area contributed by atoms with Crippen molar-refractivity contribution >= 4 is 5.69 Å². The first-order valence-electron chi connectivity index (χ1n) is 5.81. The van der Waals surface area contributed by atoms with Gasteiger partial charge >= 0.3 is 0 Å². The van der Waals surface area contributed by atoms with Crippen molar-refractivity contribution in [3.63, 3.8) is 0 Å². The molecule has 3 heteroatoms. The number of aryl methyl sites for hydroxylation is 2. The summed E-state index contributed by atoms with van der Waals surface area (Å²) in [7, 11) is 0. The normalized spacial score (nSPS) is 10.4. The molecule has 0 radical (unpaired) electrons. The van der Waals surface area contributed by atoms with Gasteiger partial charge in [-0.2, -0.15) is 0 Å². The number of hydrogen-bond acceptors (Lipinski definition) is 1. The zero-order chi connectivity index (χ0) is 13.1. The predicted octanol–water partition coefficient (Wildman–Crippen LogP) is 4.19. The third kappa shape index (κ3) is 2.86. The Morgan fingerprint density at radius 3 is 2.39 bits per heavy atom. The lowest BCUT2D eigenvalue weighted by molar-refractivity contribution is 0.617. The molecular weight excluding hydrogens is 232 g/mol. The molecule has 0 atom stereocenters. The van der Waals surface area contributed by atoms with Gasteiger partial charge in [0.1, 0.15) is 11.6 Å². The van der Waals surface area contributed by atoms with Crippen LogP contribution in [0.1, 0.15) is 16.7 Å². The zero-order valence-corrected chi connectivity index (χ0v) is 10.4. The van der Waals surface area contributed by atoms with Crippen LogP contribution in [-0.2, 0) is 6.54 Å². The molecule has 0 amide bonds. The fourth-order valence-electron chi connectivity index (χ4n) is 1.79. The Balaban J connectivity index is 2.11. The summed E-state index contributed by atoms with van der Waals surface area (Å²) in [6.07, 6.45) is 0. The molecule has 0 saturated heterocycles. The molecule has 0 saturated carbocycles. The first-order valence-corrected chi connectivity index (χ1v) is 5.81. The molecule has 18 heavy (non-hydrogen) atoms. The number of nitrogens with one attached hydrogen (secondary N) is 1. The minimum atomic E-state index is -0.278. The molecule has 94 valence electrons. The van der Waals surface area contributed by atoms with Crippen LogP contribution in [0, 0.1) is 25.5 Å². The van der Waals surface area contributed by atoms with Gasteiger partial charge in [-0.1, -0.05) is 18.2 Å². The highest BCUT2D eigenvalue weighted by atomic mass is 19.1. The van der Waals surface area contributed by atoms with Crippen LogP contribution in [0.3, 0.4) is 0 Å². The Morgan fingerprint density at radius 2 is 1.67 bits per heavy atom. The second-order valence-corrected chi connectivity index (χ2v) is 4.42. The molecule has 2 aromatic carbocycles. The van der Waals surface area contributed by atoms with Crippen molar-refractivity contribution in [1.29, 1.82) is 0 Å². The van der Waals surface area contributed by atoms with Crippen molar-refractivity contribution in [2.75, 3.05) is 5.32 Å². The van der Waals surface area contributed by atoms with Gasteiger partial charge in [-0.25, -0.2) is 8.78 Å². The van der Waals surface area contributed by atoms with E-state index >= 15 is 0 Å². The zero-order valence-electron chi connectivity index (χ0n) is 10.4. The molecule has 0 aliphatic rings. The van der Waals surface area contributed by atoms with Crippen molar-refractivity contribution in [3.8, 4) is 0 Å². The first-order chi connectivity index (χ1) is 8.56. The smallest absolute Gasteiger partial charge is 0.146 e. The summed E-state index contributed by atoms with van der Waals surface area (Å²) in [4.78, 5) is 0. The Bertz CT molecular complexity index is 564. The van der Waals surface area contributed by atoms with E-state index in [0.29, 0.717) is 17.8 Å². The van der Waals surface area contributed by atoms with E-state index in [-0.39, 0.29) is 11.6 Å². The Hall–Kier alpha value is -1.90. The molecule has 1 nitrogen and oxygen atoms in total. The summed E-state index contributed by atoms with van der Waals surface area (Å²) in [5.41, 5.74) is 2.99. The van der Waals surface area contributed by atoms with E-state index in [0.717, 1.165) is 11.1 Å². The minimum absolute atomic E-state index is 0.222. The maximum atomic E-state index is 13.5. The van der Waals surface area contributed by atoms with Gasteiger partial charge in [0, 0.05) is 6.54 Å². The number of halogens is 2. The average Bonchev–Trinajstić information content (AvgIpc) is 2.34. The SMILES string of the molecule is Cc1ccc(F)c(NCc2ccc(F)c(C)c2)c1. The van der Waals surface area contributed by atoms with Crippen LogP contribution in [-0.4, -0.2) is 0 Å². The maximum absolute atomic E-state index is 13.5. The Labute approximate surface area is 105 Å². The molecule has 0 unspecified atom stereocenters. The molecule has 2 aromatic rings. The van der Waals surface area contributed by atoms with Crippen molar-refractivity contribution in [2.45, 2.75) is 20.4 Å². The fraction of sp³-hybridized carbons (Fsp3) is 0.200. The fourth-order valence-corrected chi connectivity index (χ4v) is 1.79. The summed E-state index contributed by atoms with van der Waals surface area (Å²) in [5, 5.41) is 3.02. The lowest BCUT2D eigenvalue weighted by atomic mass is 10.1. The molecule has 1 N–H and O–H groups in total. The van der Waals surface area contributed by atoms with Crippen LogP contribution < -0.4 is 5.32 Å². The first kappa shape index (κ1) is 12.6. The number of hydrogen-bond donors (Lipinski definition) is 1. The minimum Gasteiger partial charge on any atom is -0.379 e. The molecule has 0 aliphatic carbocycles. The highest BCUT2D eigenvalue weighted by molar-refractivity contribution is 5.47. The Kier molecular flexibility index (Phi) is 3.60. The van der Waals surface area contributed by atoms with Gasteiger partial charge < -0.3 is 5.32 Å². The van der Waals surface area contributed by atoms with Crippen LogP contribution >= 0.6 is 0 Å². The summed E-state index contributed by atoms with van der Waals surface area (Å²) >= 11 is 0. The summed E-state index contributed by atoms with van der Waals surface area (Å²) in [6, 6.07) is 9.81. The van der Waals surface area contributed by atoms with E-state index in [4.69, 9.17) is 0 Å². The van der Waals surface area contributed by atoms with Crippen LogP contribution in [0.15, 0.2) is 36.4 Å². The highest BCUT2D eigenvalue weighted by Gasteiger charge is 2.03. The van der Waals surface area contributed by atoms with Gasteiger partial charge in [-0.05, 0) is 48.7 Å². The Morgan fingerprint density at radius 1 is 0.944 bits per heavy atom. The molecule has 2 rings (SSSR count). The van der Waals surface area contributed by atoms with Crippen LogP contribution in [0.5, 0.6) is 0 Å². The predicted molar refractivity (Wildman–Crippen MR) is 69.6 cm³/mol. The van der Waals surface area contributed by atoms with E-state index in [1.807, 2.05) is 6.92 Å². The topological polar surface area (TPSA) is 12.0 Å². The molecule has 0 bridgehead atoms. The van der Waals surface area contributed by atoms with Gasteiger partial charge in [0.2, 0.25) is 0 Å². The van der Waals surface area contributed by atoms with Crippen molar-refractivity contribution in [2.24, 2.45) is 0 Å². The summed E-state index contributed by atoms with van der Waals surface area (Å²) in [6.45, 7) is 4.10. The van der Waals surface area contributed by atoms with Crippen molar-refractivity contribution in [1.82, 2.24) is 0 Å². The summed E-state index contributed by atoms with van der Waals surface area (Å²) in [5.74, 6) is -0.500. The van der Waals surface area contributed by atoms with Gasteiger partial charge in [-0.15, -0.1) is 0 Å². The number of benzene rings is 2. The van der Waals surface area contributed by atoms with E-state index in [9.17, 15) is 8.78 Å². The molecule has 0 fully saturated rings. The average molecular weight is 247 g/mol. The van der Waals surface area contributed by atoms with E-state index in [1.165, 1.54) is 12.1 Å².